The lowest BCUT2D eigenvalue weighted by atomic mass is 10.2. The Balaban J connectivity index is 2.60. The number of esters is 1. The third-order valence-electron chi connectivity index (χ3n) is 2.41. The summed E-state index contributed by atoms with van der Waals surface area (Å²) in [4.78, 5) is 35.1. The third-order valence-corrected chi connectivity index (χ3v) is 2.41. The molecule has 0 saturated heterocycles. The van der Waals surface area contributed by atoms with Gasteiger partial charge in [0.15, 0.2) is 0 Å². The Morgan fingerprint density at radius 2 is 1.85 bits per heavy atom. The molecule has 0 spiro atoms. The van der Waals surface area contributed by atoms with E-state index >= 15 is 0 Å². The molecule has 1 fully saturated rings. The molecule has 1 N–H and O–H groups in total. The van der Waals surface area contributed by atoms with Crippen molar-refractivity contribution in [3.63, 3.8) is 0 Å². The Hall–Kier alpha value is -1.79. The smallest absolute Gasteiger partial charge is 0.426 e. The van der Waals surface area contributed by atoms with Crippen molar-refractivity contribution in [3.05, 3.63) is 0 Å². The molecule has 114 valence electrons. The highest BCUT2D eigenvalue weighted by molar-refractivity contribution is 5.86. The van der Waals surface area contributed by atoms with Crippen molar-refractivity contribution in [2.24, 2.45) is 5.92 Å². The van der Waals surface area contributed by atoms with Gasteiger partial charge in [0.25, 0.3) is 0 Å². The van der Waals surface area contributed by atoms with Crippen LogP contribution in [-0.2, 0) is 19.1 Å². The zero-order valence-electron chi connectivity index (χ0n) is 12.4. The molecule has 1 rings (SSSR count). The Kier molecular flexibility index (Phi) is 5.35. The average molecular weight is 286 g/mol. The van der Waals surface area contributed by atoms with E-state index in [9.17, 15) is 14.4 Å². The van der Waals surface area contributed by atoms with Crippen molar-refractivity contribution < 1.29 is 23.9 Å². The van der Waals surface area contributed by atoms with E-state index in [4.69, 9.17) is 9.47 Å². The van der Waals surface area contributed by atoms with Crippen LogP contribution in [0.3, 0.4) is 0 Å². The minimum Gasteiger partial charge on any atom is -0.465 e. The first-order valence-corrected chi connectivity index (χ1v) is 6.69. The van der Waals surface area contributed by atoms with Gasteiger partial charge in [0, 0.05) is 5.92 Å². The van der Waals surface area contributed by atoms with E-state index in [2.05, 4.69) is 5.43 Å². The van der Waals surface area contributed by atoms with Crippen LogP contribution in [0.5, 0.6) is 0 Å². The van der Waals surface area contributed by atoms with E-state index < -0.39 is 17.7 Å². The lowest BCUT2D eigenvalue weighted by Gasteiger charge is -2.25. The van der Waals surface area contributed by atoms with Crippen LogP contribution in [0.2, 0.25) is 0 Å². The van der Waals surface area contributed by atoms with Gasteiger partial charge in [0.05, 0.1) is 6.61 Å². The number of hydrogen-bond donors (Lipinski definition) is 1. The maximum atomic E-state index is 12.0. The number of hydrogen-bond acceptors (Lipinski definition) is 5. The Labute approximate surface area is 118 Å². The summed E-state index contributed by atoms with van der Waals surface area (Å²) >= 11 is 0. The van der Waals surface area contributed by atoms with Crippen LogP contribution in [-0.4, -0.2) is 41.7 Å². The topological polar surface area (TPSA) is 84.9 Å². The minimum atomic E-state index is -0.768. The van der Waals surface area contributed by atoms with Gasteiger partial charge in [-0.25, -0.2) is 15.2 Å². The van der Waals surface area contributed by atoms with Gasteiger partial charge in [0.2, 0.25) is 5.91 Å². The molecule has 7 nitrogen and oxygen atoms in total. The Morgan fingerprint density at radius 1 is 1.25 bits per heavy atom. The first kappa shape index (κ1) is 16.3. The molecule has 0 heterocycles. The standard InChI is InChI=1S/C13H22N2O5/c1-5-19-10(16)8-15(11(17)9-6-7-9)14-12(18)20-13(2,3)4/h9H,5-8H2,1-4H3,(H,14,18). The second kappa shape index (κ2) is 6.58. The van der Waals surface area contributed by atoms with Gasteiger partial charge < -0.3 is 9.47 Å². The number of carbonyl (C=O) groups excluding carboxylic acids is 3. The van der Waals surface area contributed by atoms with E-state index in [1.54, 1.807) is 27.7 Å². The first-order valence-electron chi connectivity index (χ1n) is 6.69. The van der Waals surface area contributed by atoms with E-state index in [-0.39, 0.29) is 25.0 Å². The maximum absolute atomic E-state index is 12.0. The molecule has 0 bridgehead atoms. The van der Waals surface area contributed by atoms with Gasteiger partial charge in [-0.3, -0.25) is 9.59 Å². The zero-order chi connectivity index (χ0) is 15.3. The van der Waals surface area contributed by atoms with Gasteiger partial charge in [-0.15, -0.1) is 0 Å². The number of amides is 2. The molecule has 1 aliphatic rings. The van der Waals surface area contributed by atoms with Crippen LogP contribution in [0.25, 0.3) is 0 Å². The lowest BCUT2D eigenvalue weighted by Crippen LogP contribution is -2.51. The van der Waals surface area contributed by atoms with Crippen molar-refractivity contribution in [1.82, 2.24) is 10.4 Å². The summed E-state index contributed by atoms with van der Waals surface area (Å²) in [5, 5.41) is 0.976. The summed E-state index contributed by atoms with van der Waals surface area (Å²) in [5.41, 5.74) is 1.63. The molecule has 0 aromatic carbocycles. The van der Waals surface area contributed by atoms with Gasteiger partial charge in [-0.05, 0) is 40.5 Å². The van der Waals surface area contributed by atoms with Crippen molar-refractivity contribution in [3.8, 4) is 0 Å². The molecule has 0 aromatic heterocycles. The molecule has 1 aliphatic carbocycles. The maximum Gasteiger partial charge on any atom is 0.426 e. The second-order valence-electron chi connectivity index (χ2n) is 5.62. The molecule has 0 atom stereocenters. The van der Waals surface area contributed by atoms with E-state index in [1.165, 1.54) is 0 Å². The van der Waals surface area contributed by atoms with Crippen LogP contribution in [0.1, 0.15) is 40.5 Å². The summed E-state index contributed by atoms with van der Waals surface area (Å²) < 4.78 is 9.84. The molecule has 1 saturated carbocycles. The molecule has 2 amide bonds. The molecule has 0 aromatic rings. The summed E-state index contributed by atoms with van der Waals surface area (Å²) in [6.45, 7) is 6.71. The van der Waals surface area contributed by atoms with E-state index in [0.717, 1.165) is 17.9 Å². The Morgan fingerprint density at radius 3 is 2.30 bits per heavy atom. The van der Waals surface area contributed by atoms with Crippen molar-refractivity contribution in [2.45, 2.75) is 46.1 Å². The molecule has 0 aliphatic heterocycles. The van der Waals surface area contributed by atoms with Gasteiger partial charge >= 0.3 is 12.1 Å². The summed E-state index contributed by atoms with van der Waals surface area (Å²) in [5.74, 6) is -0.985. The minimum absolute atomic E-state index is 0.126. The summed E-state index contributed by atoms with van der Waals surface area (Å²) in [6.07, 6.45) is 0.776. The SMILES string of the molecule is CCOC(=O)CN(NC(=O)OC(C)(C)C)C(=O)C1CC1. The number of nitrogens with one attached hydrogen (secondary N) is 1. The summed E-state index contributed by atoms with van der Waals surface area (Å²) in [7, 11) is 0. The highest BCUT2D eigenvalue weighted by Gasteiger charge is 2.35. The van der Waals surface area contributed by atoms with Crippen LogP contribution in [0.15, 0.2) is 0 Å². The third kappa shape index (κ3) is 5.90. The van der Waals surface area contributed by atoms with Crippen LogP contribution in [0, 0.1) is 5.92 Å². The van der Waals surface area contributed by atoms with Crippen molar-refractivity contribution >= 4 is 18.0 Å². The highest BCUT2D eigenvalue weighted by atomic mass is 16.6. The predicted molar refractivity (Wildman–Crippen MR) is 70.4 cm³/mol. The zero-order valence-corrected chi connectivity index (χ0v) is 12.4. The lowest BCUT2D eigenvalue weighted by molar-refractivity contribution is -0.151. The number of ether oxygens (including phenoxy) is 2. The van der Waals surface area contributed by atoms with Crippen molar-refractivity contribution in [2.75, 3.05) is 13.2 Å². The van der Waals surface area contributed by atoms with Crippen LogP contribution < -0.4 is 5.43 Å². The first-order chi connectivity index (χ1) is 9.23. The van der Waals surface area contributed by atoms with E-state index in [1.807, 2.05) is 0 Å². The van der Waals surface area contributed by atoms with Gasteiger partial charge in [-0.2, -0.15) is 0 Å². The number of rotatable bonds is 4. The quantitative estimate of drug-likeness (QED) is 0.620. The summed E-state index contributed by atoms with van der Waals surface area (Å²) in [6, 6.07) is 0. The monoisotopic (exact) mass is 286 g/mol. The van der Waals surface area contributed by atoms with Crippen molar-refractivity contribution in [1.29, 1.82) is 0 Å². The fourth-order valence-corrected chi connectivity index (χ4v) is 1.47. The molecular weight excluding hydrogens is 264 g/mol. The predicted octanol–water partition coefficient (Wildman–Crippen LogP) is 1.23. The fourth-order valence-electron chi connectivity index (χ4n) is 1.47. The number of hydrazine groups is 1. The molecular formula is C13H22N2O5. The average Bonchev–Trinajstić information content (AvgIpc) is 3.08. The van der Waals surface area contributed by atoms with Crippen LogP contribution >= 0.6 is 0 Å². The number of carbonyl (C=O) groups is 3. The number of nitrogens with zero attached hydrogens (tertiary/aromatic N) is 1. The van der Waals surface area contributed by atoms with Crippen LogP contribution in [0.4, 0.5) is 4.79 Å². The molecule has 0 unspecified atom stereocenters. The van der Waals surface area contributed by atoms with Gasteiger partial charge in [-0.1, -0.05) is 0 Å². The fraction of sp³-hybridized carbons (Fsp3) is 0.769. The van der Waals surface area contributed by atoms with Gasteiger partial charge in [0.1, 0.15) is 12.1 Å². The van der Waals surface area contributed by atoms with E-state index in [0.29, 0.717) is 0 Å². The highest BCUT2D eigenvalue weighted by Crippen LogP contribution is 2.30. The Bertz CT molecular complexity index is 385. The second-order valence-corrected chi connectivity index (χ2v) is 5.62. The molecule has 7 heteroatoms. The molecule has 20 heavy (non-hydrogen) atoms. The molecule has 0 radical (unpaired) electrons. The largest absolute Gasteiger partial charge is 0.465 e. The normalized spacial score (nSPS) is 14.4.